The Balaban J connectivity index is 1.40. The molecule has 0 bridgehead atoms. The number of hydrogen-bond acceptors (Lipinski definition) is 3. The molecule has 0 aliphatic heterocycles. The van der Waals surface area contributed by atoms with Gasteiger partial charge in [-0.05, 0) is 35.1 Å². The Morgan fingerprint density at radius 1 is 0.926 bits per heavy atom. The van der Waals surface area contributed by atoms with Crippen LogP contribution in [-0.4, -0.2) is 25.7 Å². The highest BCUT2D eigenvalue weighted by atomic mass is 16.5. The van der Waals surface area contributed by atoms with Gasteiger partial charge < -0.3 is 14.8 Å². The van der Waals surface area contributed by atoms with E-state index >= 15 is 0 Å². The first-order chi connectivity index (χ1) is 13.1. The maximum atomic E-state index is 11.9. The molecule has 0 fully saturated rings. The molecule has 0 saturated heterocycles. The Morgan fingerprint density at radius 3 is 2.44 bits per heavy atom. The smallest absolute Gasteiger partial charge is 0.258 e. The molecule has 3 rings (SSSR count). The van der Waals surface area contributed by atoms with Crippen LogP contribution in [-0.2, 0) is 4.79 Å². The standard InChI is InChI=1S/C23H25NO3/c1-17(2)18-10-12-20(13-11-18)27-16-23(25)24-14-15-26-22-9-5-7-19-6-3-4-8-21(19)22/h3-13,17H,14-16H2,1-2H3,(H,24,25). The van der Waals surface area contributed by atoms with Gasteiger partial charge in [-0.1, -0.05) is 62.4 Å². The molecule has 3 aromatic rings. The molecule has 0 saturated carbocycles. The van der Waals surface area contributed by atoms with Crippen LogP contribution < -0.4 is 14.8 Å². The Kier molecular flexibility index (Phi) is 6.31. The lowest BCUT2D eigenvalue weighted by molar-refractivity contribution is -0.123. The second-order valence-electron chi connectivity index (χ2n) is 6.69. The summed E-state index contributed by atoms with van der Waals surface area (Å²) < 4.78 is 11.3. The summed E-state index contributed by atoms with van der Waals surface area (Å²) >= 11 is 0. The molecule has 0 heterocycles. The maximum Gasteiger partial charge on any atom is 0.258 e. The Hall–Kier alpha value is -3.01. The van der Waals surface area contributed by atoms with Crippen LogP contribution >= 0.6 is 0 Å². The number of fused-ring (bicyclic) bond motifs is 1. The number of amides is 1. The van der Waals surface area contributed by atoms with E-state index in [0.717, 1.165) is 16.5 Å². The molecule has 27 heavy (non-hydrogen) atoms. The van der Waals surface area contributed by atoms with Crippen LogP contribution in [0.2, 0.25) is 0 Å². The molecular formula is C23H25NO3. The minimum atomic E-state index is -0.163. The van der Waals surface area contributed by atoms with E-state index in [0.29, 0.717) is 24.8 Å². The fraction of sp³-hybridized carbons (Fsp3) is 0.261. The van der Waals surface area contributed by atoms with E-state index in [1.807, 2.05) is 54.6 Å². The minimum absolute atomic E-state index is 0.00467. The largest absolute Gasteiger partial charge is 0.491 e. The second-order valence-corrected chi connectivity index (χ2v) is 6.69. The number of carbonyl (C=O) groups is 1. The molecule has 0 unspecified atom stereocenters. The summed E-state index contributed by atoms with van der Waals surface area (Å²) in [5.41, 5.74) is 1.25. The van der Waals surface area contributed by atoms with Gasteiger partial charge in [-0.2, -0.15) is 0 Å². The number of rotatable bonds is 8. The summed E-state index contributed by atoms with van der Waals surface area (Å²) in [6, 6.07) is 21.9. The first kappa shape index (κ1) is 18.8. The molecule has 0 aliphatic rings. The van der Waals surface area contributed by atoms with Gasteiger partial charge in [0, 0.05) is 5.39 Å². The molecular weight excluding hydrogens is 338 g/mol. The maximum absolute atomic E-state index is 11.9. The van der Waals surface area contributed by atoms with Gasteiger partial charge in [0.2, 0.25) is 0 Å². The normalized spacial score (nSPS) is 10.8. The molecule has 0 spiro atoms. The molecule has 140 valence electrons. The summed E-state index contributed by atoms with van der Waals surface area (Å²) in [5.74, 6) is 1.83. The molecule has 1 N–H and O–H groups in total. The minimum Gasteiger partial charge on any atom is -0.491 e. The van der Waals surface area contributed by atoms with Crippen molar-refractivity contribution >= 4 is 16.7 Å². The highest BCUT2D eigenvalue weighted by Gasteiger charge is 2.05. The first-order valence-electron chi connectivity index (χ1n) is 9.23. The topological polar surface area (TPSA) is 47.6 Å². The fourth-order valence-electron chi connectivity index (χ4n) is 2.82. The van der Waals surface area contributed by atoms with E-state index in [9.17, 15) is 4.79 Å². The van der Waals surface area contributed by atoms with Crippen molar-refractivity contribution in [2.75, 3.05) is 19.8 Å². The third-order valence-electron chi connectivity index (χ3n) is 4.35. The van der Waals surface area contributed by atoms with Crippen LogP contribution in [0.15, 0.2) is 66.7 Å². The number of hydrogen-bond donors (Lipinski definition) is 1. The van der Waals surface area contributed by atoms with Gasteiger partial charge in [0.05, 0.1) is 6.54 Å². The van der Waals surface area contributed by atoms with Crippen LogP contribution in [0.3, 0.4) is 0 Å². The number of ether oxygens (including phenoxy) is 2. The van der Waals surface area contributed by atoms with Gasteiger partial charge in [0.25, 0.3) is 5.91 Å². The number of nitrogens with one attached hydrogen (secondary N) is 1. The average Bonchev–Trinajstić information content (AvgIpc) is 2.70. The highest BCUT2D eigenvalue weighted by Crippen LogP contribution is 2.24. The van der Waals surface area contributed by atoms with E-state index in [1.165, 1.54) is 5.56 Å². The molecule has 0 radical (unpaired) electrons. The van der Waals surface area contributed by atoms with Crippen molar-refractivity contribution in [3.8, 4) is 11.5 Å². The predicted octanol–water partition coefficient (Wildman–Crippen LogP) is 4.54. The molecule has 3 aromatic carbocycles. The SMILES string of the molecule is CC(C)c1ccc(OCC(=O)NCCOc2cccc3ccccc23)cc1. The van der Waals surface area contributed by atoms with Crippen LogP contribution in [0.5, 0.6) is 11.5 Å². The summed E-state index contributed by atoms with van der Waals surface area (Å²) in [4.78, 5) is 11.9. The quantitative estimate of drug-likeness (QED) is 0.598. The van der Waals surface area contributed by atoms with E-state index in [1.54, 1.807) is 0 Å². The van der Waals surface area contributed by atoms with Gasteiger partial charge >= 0.3 is 0 Å². The van der Waals surface area contributed by atoms with E-state index in [-0.39, 0.29) is 12.5 Å². The molecule has 0 aliphatic carbocycles. The third kappa shape index (κ3) is 5.23. The van der Waals surface area contributed by atoms with Crippen LogP contribution in [0.4, 0.5) is 0 Å². The molecule has 4 nitrogen and oxygen atoms in total. The first-order valence-corrected chi connectivity index (χ1v) is 9.23. The second kappa shape index (κ2) is 9.08. The van der Waals surface area contributed by atoms with Gasteiger partial charge in [-0.3, -0.25) is 4.79 Å². The van der Waals surface area contributed by atoms with Gasteiger partial charge in [-0.25, -0.2) is 0 Å². The number of benzene rings is 3. The van der Waals surface area contributed by atoms with Crippen molar-refractivity contribution in [1.82, 2.24) is 5.32 Å². The molecule has 0 atom stereocenters. The van der Waals surface area contributed by atoms with Crippen LogP contribution in [0.25, 0.3) is 10.8 Å². The third-order valence-corrected chi connectivity index (χ3v) is 4.35. The zero-order valence-corrected chi connectivity index (χ0v) is 15.8. The Bertz CT molecular complexity index is 882. The lowest BCUT2D eigenvalue weighted by Gasteiger charge is -2.11. The Labute approximate surface area is 160 Å². The van der Waals surface area contributed by atoms with E-state index < -0.39 is 0 Å². The van der Waals surface area contributed by atoms with Gasteiger partial charge in [-0.15, -0.1) is 0 Å². The number of carbonyl (C=O) groups excluding carboxylic acids is 1. The van der Waals surface area contributed by atoms with E-state index in [4.69, 9.17) is 9.47 Å². The van der Waals surface area contributed by atoms with E-state index in [2.05, 4.69) is 31.3 Å². The van der Waals surface area contributed by atoms with Crippen molar-refractivity contribution in [3.63, 3.8) is 0 Å². The zero-order chi connectivity index (χ0) is 19.1. The average molecular weight is 363 g/mol. The van der Waals surface area contributed by atoms with Gasteiger partial charge in [0.1, 0.15) is 18.1 Å². The summed E-state index contributed by atoms with van der Waals surface area (Å²) in [6.07, 6.45) is 0. The lowest BCUT2D eigenvalue weighted by atomic mass is 10.0. The fourth-order valence-corrected chi connectivity index (χ4v) is 2.82. The van der Waals surface area contributed by atoms with Crippen molar-refractivity contribution in [2.45, 2.75) is 19.8 Å². The zero-order valence-electron chi connectivity index (χ0n) is 15.8. The van der Waals surface area contributed by atoms with Crippen molar-refractivity contribution in [1.29, 1.82) is 0 Å². The molecule has 0 aromatic heterocycles. The highest BCUT2D eigenvalue weighted by molar-refractivity contribution is 5.88. The van der Waals surface area contributed by atoms with Crippen molar-refractivity contribution in [3.05, 3.63) is 72.3 Å². The van der Waals surface area contributed by atoms with Crippen molar-refractivity contribution in [2.24, 2.45) is 0 Å². The van der Waals surface area contributed by atoms with Crippen LogP contribution in [0.1, 0.15) is 25.3 Å². The monoisotopic (exact) mass is 363 g/mol. The van der Waals surface area contributed by atoms with Crippen molar-refractivity contribution < 1.29 is 14.3 Å². The van der Waals surface area contributed by atoms with Crippen LogP contribution in [0, 0.1) is 0 Å². The molecule has 4 heteroatoms. The lowest BCUT2D eigenvalue weighted by Crippen LogP contribution is -2.32. The summed E-state index contributed by atoms with van der Waals surface area (Å²) in [5, 5.41) is 5.02. The van der Waals surface area contributed by atoms with Gasteiger partial charge in [0.15, 0.2) is 6.61 Å². The Morgan fingerprint density at radius 2 is 1.67 bits per heavy atom. The summed E-state index contributed by atoms with van der Waals surface area (Å²) in [7, 11) is 0. The molecule has 1 amide bonds. The summed E-state index contributed by atoms with van der Waals surface area (Å²) in [6.45, 7) is 5.11. The predicted molar refractivity (Wildman–Crippen MR) is 108 cm³/mol.